The van der Waals surface area contributed by atoms with E-state index in [2.05, 4.69) is 10.2 Å². The van der Waals surface area contributed by atoms with Crippen molar-refractivity contribution in [3.05, 3.63) is 71.8 Å². The van der Waals surface area contributed by atoms with Crippen LogP contribution in [0.15, 0.2) is 60.7 Å². The van der Waals surface area contributed by atoms with Crippen LogP contribution in [0.2, 0.25) is 0 Å². The van der Waals surface area contributed by atoms with Crippen LogP contribution >= 0.6 is 0 Å². The molecule has 2 aromatic carbocycles. The first-order valence-electron chi connectivity index (χ1n) is 10.3. The molecule has 164 valence electrons. The van der Waals surface area contributed by atoms with Gasteiger partial charge in [-0.05, 0) is 36.4 Å². The van der Waals surface area contributed by atoms with E-state index in [-0.39, 0.29) is 11.8 Å². The Bertz CT molecular complexity index is 1090. The molecule has 2 amide bonds. The summed E-state index contributed by atoms with van der Waals surface area (Å²) >= 11 is 0. The summed E-state index contributed by atoms with van der Waals surface area (Å²) in [6.07, 6.45) is 0. The molecule has 1 fully saturated rings. The average molecular weight is 432 g/mol. The van der Waals surface area contributed by atoms with E-state index in [9.17, 15) is 9.59 Å². The lowest BCUT2D eigenvalue weighted by Gasteiger charge is -2.35. The van der Waals surface area contributed by atoms with Crippen LogP contribution in [0.4, 0.5) is 0 Å². The summed E-state index contributed by atoms with van der Waals surface area (Å²) in [6, 6.07) is 18.0. The van der Waals surface area contributed by atoms with Gasteiger partial charge >= 0.3 is 0 Å². The number of nitrogens with zero attached hydrogens (tertiary/aromatic N) is 4. The fourth-order valence-corrected chi connectivity index (χ4v) is 3.60. The number of ether oxygens (including phenoxy) is 2. The standard InChI is InChI=1S/C24H24N4O4/c1-31-20-5-3-4-19(16-20)24(30)28-14-12-27(13-15-28)23(29)18-8-6-17(7-9-18)21-10-11-22(32-2)26-25-21/h3-11,16H,12-15H2,1-2H3. The molecule has 0 bridgehead atoms. The summed E-state index contributed by atoms with van der Waals surface area (Å²) in [6.45, 7) is 1.95. The monoisotopic (exact) mass is 432 g/mol. The van der Waals surface area contributed by atoms with E-state index in [4.69, 9.17) is 9.47 Å². The zero-order chi connectivity index (χ0) is 22.5. The minimum atomic E-state index is -0.0547. The van der Waals surface area contributed by atoms with Gasteiger partial charge < -0.3 is 19.3 Å². The quantitative estimate of drug-likeness (QED) is 0.616. The molecular formula is C24H24N4O4. The fourth-order valence-electron chi connectivity index (χ4n) is 3.60. The topological polar surface area (TPSA) is 84.9 Å². The molecule has 1 aliphatic heterocycles. The van der Waals surface area contributed by atoms with Crippen LogP contribution < -0.4 is 9.47 Å². The average Bonchev–Trinajstić information content (AvgIpc) is 2.88. The maximum Gasteiger partial charge on any atom is 0.254 e. The first-order chi connectivity index (χ1) is 15.6. The molecule has 0 N–H and O–H groups in total. The highest BCUT2D eigenvalue weighted by Gasteiger charge is 2.25. The van der Waals surface area contributed by atoms with Gasteiger partial charge in [0.25, 0.3) is 11.8 Å². The molecule has 8 heteroatoms. The van der Waals surface area contributed by atoms with Crippen LogP contribution in [0.1, 0.15) is 20.7 Å². The van der Waals surface area contributed by atoms with Crippen LogP contribution in [0.3, 0.4) is 0 Å². The number of carbonyl (C=O) groups is 2. The summed E-state index contributed by atoms with van der Waals surface area (Å²) in [4.78, 5) is 29.2. The van der Waals surface area contributed by atoms with E-state index in [0.717, 1.165) is 5.56 Å². The predicted molar refractivity (Wildman–Crippen MR) is 119 cm³/mol. The van der Waals surface area contributed by atoms with E-state index in [1.807, 2.05) is 18.2 Å². The molecule has 0 unspecified atom stereocenters. The van der Waals surface area contributed by atoms with Gasteiger partial charge in [0.05, 0.1) is 19.9 Å². The Balaban J connectivity index is 1.37. The smallest absolute Gasteiger partial charge is 0.254 e. The zero-order valence-corrected chi connectivity index (χ0v) is 18.0. The highest BCUT2D eigenvalue weighted by atomic mass is 16.5. The molecule has 4 rings (SSSR count). The summed E-state index contributed by atoms with van der Waals surface area (Å²) < 4.78 is 10.2. The lowest BCUT2D eigenvalue weighted by molar-refractivity contribution is 0.0535. The van der Waals surface area contributed by atoms with Crippen LogP contribution in [0, 0.1) is 0 Å². The Morgan fingerprint density at radius 1 is 0.750 bits per heavy atom. The molecule has 1 aromatic heterocycles. The van der Waals surface area contributed by atoms with Crippen molar-refractivity contribution in [2.24, 2.45) is 0 Å². The molecule has 2 heterocycles. The second-order valence-corrected chi connectivity index (χ2v) is 7.35. The number of hydrogen-bond donors (Lipinski definition) is 0. The summed E-state index contributed by atoms with van der Waals surface area (Å²) in [7, 11) is 3.11. The molecule has 0 atom stereocenters. The van der Waals surface area contributed by atoms with Gasteiger partial charge in [0.1, 0.15) is 5.75 Å². The van der Waals surface area contributed by atoms with Gasteiger partial charge in [-0.25, -0.2) is 0 Å². The molecule has 1 aliphatic rings. The molecule has 1 saturated heterocycles. The van der Waals surface area contributed by atoms with Crippen molar-refractivity contribution in [3.63, 3.8) is 0 Å². The Morgan fingerprint density at radius 3 is 1.97 bits per heavy atom. The van der Waals surface area contributed by atoms with Crippen LogP contribution in [-0.4, -0.2) is 72.2 Å². The Morgan fingerprint density at radius 2 is 1.41 bits per heavy atom. The second kappa shape index (κ2) is 9.47. The van der Waals surface area contributed by atoms with Gasteiger partial charge in [0, 0.05) is 48.9 Å². The third kappa shape index (κ3) is 4.54. The fraction of sp³-hybridized carbons (Fsp3) is 0.250. The van der Waals surface area contributed by atoms with E-state index < -0.39 is 0 Å². The number of hydrogen-bond acceptors (Lipinski definition) is 6. The number of aromatic nitrogens is 2. The largest absolute Gasteiger partial charge is 0.497 e. The maximum absolute atomic E-state index is 12.9. The maximum atomic E-state index is 12.9. The first-order valence-corrected chi connectivity index (χ1v) is 10.3. The molecule has 0 radical (unpaired) electrons. The van der Waals surface area contributed by atoms with E-state index in [0.29, 0.717) is 54.6 Å². The Kier molecular flexibility index (Phi) is 6.30. The lowest BCUT2D eigenvalue weighted by Crippen LogP contribution is -2.50. The normalized spacial score (nSPS) is 13.6. The van der Waals surface area contributed by atoms with Crippen molar-refractivity contribution < 1.29 is 19.1 Å². The Hall–Kier alpha value is -3.94. The third-order valence-corrected chi connectivity index (χ3v) is 5.45. The molecule has 8 nitrogen and oxygen atoms in total. The predicted octanol–water partition coefficient (Wildman–Crippen LogP) is 2.76. The summed E-state index contributed by atoms with van der Waals surface area (Å²) in [5.74, 6) is 0.991. The third-order valence-electron chi connectivity index (χ3n) is 5.45. The van der Waals surface area contributed by atoms with Crippen molar-refractivity contribution in [3.8, 4) is 22.9 Å². The number of rotatable bonds is 5. The highest BCUT2D eigenvalue weighted by Crippen LogP contribution is 2.20. The minimum Gasteiger partial charge on any atom is -0.497 e. The number of amides is 2. The van der Waals surface area contributed by atoms with Gasteiger partial charge in [0.2, 0.25) is 5.88 Å². The second-order valence-electron chi connectivity index (χ2n) is 7.35. The zero-order valence-electron chi connectivity index (χ0n) is 18.0. The van der Waals surface area contributed by atoms with E-state index in [1.54, 1.807) is 66.5 Å². The van der Waals surface area contributed by atoms with E-state index in [1.165, 1.54) is 0 Å². The van der Waals surface area contributed by atoms with Gasteiger partial charge in [-0.3, -0.25) is 9.59 Å². The highest BCUT2D eigenvalue weighted by molar-refractivity contribution is 5.96. The van der Waals surface area contributed by atoms with E-state index >= 15 is 0 Å². The van der Waals surface area contributed by atoms with Crippen molar-refractivity contribution in [1.82, 2.24) is 20.0 Å². The molecule has 0 spiro atoms. The molecule has 3 aromatic rings. The minimum absolute atomic E-state index is 0.0501. The van der Waals surface area contributed by atoms with Gasteiger partial charge in [-0.15, -0.1) is 10.2 Å². The molecule has 0 aliphatic carbocycles. The molecule has 32 heavy (non-hydrogen) atoms. The van der Waals surface area contributed by atoms with Gasteiger partial charge in [-0.1, -0.05) is 18.2 Å². The Labute approximate surface area is 186 Å². The van der Waals surface area contributed by atoms with Gasteiger partial charge in [0.15, 0.2) is 0 Å². The van der Waals surface area contributed by atoms with Crippen molar-refractivity contribution in [1.29, 1.82) is 0 Å². The SMILES string of the molecule is COc1cccc(C(=O)N2CCN(C(=O)c3ccc(-c4ccc(OC)nn4)cc3)CC2)c1. The number of carbonyl (C=O) groups excluding carboxylic acids is 2. The summed E-state index contributed by atoms with van der Waals surface area (Å²) in [5, 5.41) is 8.10. The number of piperazine rings is 1. The van der Waals surface area contributed by atoms with Crippen LogP contribution in [0.25, 0.3) is 11.3 Å². The summed E-state index contributed by atoms with van der Waals surface area (Å²) in [5.41, 5.74) is 2.75. The van der Waals surface area contributed by atoms with Crippen molar-refractivity contribution in [2.75, 3.05) is 40.4 Å². The lowest BCUT2D eigenvalue weighted by atomic mass is 10.1. The molecule has 0 saturated carbocycles. The number of benzene rings is 2. The van der Waals surface area contributed by atoms with Crippen molar-refractivity contribution in [2.45, 2.75) is 0 Å². The number of methoxy groups -OCH3 is 2. The van der Waals surface area contributed by atoms with Crippen LogP contribution in [-0.2, 0) is 0 Å². The van der Waals surface area contributed by atoms with Gasteiger partial charge in [-0.2, -0.15) is 0 Å². The first kappa shape index (κ1) is 21.3. The van der Waals surface area contributed by atoms with Crippen LogP contribution in [0.5, 0.6) is 11.6 Å². The molecular weight excluding hydrogens is 408 g/mol. The van der Waals surface area contributed by atoms with Crippen molar-refractivity contribution >= 4 is 11.8 Å².